The zero-order valence-corrected chi connectivity index (χ0v) is 18.0. The van der Waals surface area contributed by atoms with Crippen LogP contribution in [0.1, 0.15) is 37.1 Å². The Kier molecular flexibility index (Phi) is 5.68. The van der Waals surface area contributed by atoms with E-state index < -0.39 is 5.54 Å². The lowest BCUT2D eigenvalue weighted by Gasteiger charge is -2.29. The molecule has 3 aromatic rings. The van der Waals surface area contributed by atoms with Crippen LogP contribution in [0.25, 0.3) is 11.4 Å². The summed E-state index contributed by atoms with van der Waals surface area (Å²) in [5, 5.41) is 9.89. The quantitative estimate of drug-likeness (QED) is 0.544. The lowest BCUT2D eigenvalue weighted by Crippen LogP contribution is -2.44. The van der Waals surface area contributed by atoms with Gasteiger partial charge in [0, 0.05) is 23.9 Å². The molecule has 2 aliphatic rings. The predicted octanol–water partition coefficient (Wildman–Crippen LogP) is 2.75. The van der Waals surface area contributed by atoms with Crippen molar-refractivity contribution in [3.63, 3.8) is 0 Å². The van der Waals surface area contributed by atoms with Gasteiger partial charge in [0.2, 0.25) is 30.3 Å². The Morgan fingerprint density at radius 3 is 2.79 bits per heavy atom. The van der Waals surface area contributed by atoms with Crippen molar-refractivity contribution in [1.29, 1.82) is 0 Å². The number of hydrogen-bond acceptors (Lipinski definition) is 7. The van der Waals surface area contributed by atoms with E-state index >= 15 is 0 Å². The van der Waals surface area contributed by atoms with Gasteiger partial charge in [0.1, 0.15) is 0 Å². The third kappa shape index (κ3) is 4.82. The molecule has 0 radical (unpaired) electrons. The van der Waals surface area contributed by atoms with Gasteiger partial charge in [0.05, 0.1) is 6.54 Å². The average Bonchev–Trinajstić information content (AvgIpc) is 3.57. The Labute approximate surface area is 190 Å². The topological polar surface area (TPSA) is 116 Å². The molecule has 2 aromatic carbocycles. The molecule has 0 aliphatic carbocycles. The molecule has 0 bridgehead atoms. The van der Waals surface area contributed by atoms with Crippen LogP contribution >= 0.6 is 0 Å². The van der Waals surface area contributed by atoms with E-state index in [1.807, 2.05) is 48.5 Å². The maximum absolute atomic E-state index is 12.5. The Morgan fingerprint density at radius 2 is 1.97 bits per heavy atom. The molecule has 0 spiro atoms. The van der Waals surface area contributed by atoms with E-state index in [0.29, 0.717) is 43.1 Å². The molecule has 33 heavy (non-hydrogen) atoms. The van der Waals surface area contributed by atoms with Crippen molar-refractivity contribution in [3.05, 3.63) is 60.0 Å². The maximum Gasteiger partial charge on any atom is 0.246 e. The number of fused-ring (bicyclic) bond motifs is 1. The number of amides is 2. The molecule has 1 fully saturated rings. The van der Waals surface area contributed by atoms with Crippen molar-refractivity contribution in [3.8, 4) is 22.9 Å². The van der Waals surface area contributed by atoms with E-state index in [0.717, 1.165) is 16.9 Å². The minimum atomic E-state index is -0.465. The van der Waals surface area contributed by atoms with E-state index in [1.54, 1.807) is 0 Å². The van der Waals surface area contributed by atoms with Gasteiger partial charge < -0.3 is 24.6 Å². The smallest absolute Gasteiger partial charge is 0.246 e. The second kappa shape index (κ2) is 8.93. The number of nitrogens with zero attached hydrogens (tertiary/aromatic N) is 2. The highest BCUT2D eigenvalue weighted by Crippen LogP contribution is 2.36. The number of aromatic nitrogens is 2. The summed E-state index contributed by atoms with van der Waals surface area (Å²) in [4.78, 5) is 28.9. The summed E-state index contributed by atoms with van der Waals surface area (Å²) in [6.45, 7) is 0.369. The van der Waals surface area contributed by atoms with Gasteiger partial charge in [0.15, 0.2) is 11.5 Å². The molecule has 2 aliphatic heterocycles. The predicted molar refractivity (Wildman–Crippen MR) is 117 cm³/mol. The summed E-state index contributed by atoms with van der Waals surface area (Å²) >= 11 is 0. The van der Waals surface area contributed by atoms with Gasteiger partial charge in [-0.15, -0.1) is 0 Å². The summed E-state index contributed by atoms with van der Waals surface area (Å²) in [7, 11) is 0. The van der Waals surface area contributed by atoms with Crippen molar-refractivity contribution >= 4 is 11.8 Å². The number of carbonyl (C=O) groups excluding carboxylic acids is 2. The van der Waals surface area contributed by atoms with E-state index in [1.165, 1.54) is 0 Å². The molecule has 1 saturated heterocycles. The minimum absolute atomic E-state index is 0.00968. The first-order valence-electron chi connectivity index (χ1n) is 10.9. The first-order chi connectivity index (χ1) is 16.1. The van der Waals surface area contributed by atoms with Crippen LogP contribution in [0.4, 0.5) is 0 Å². The first kappa shape index (κ1) is 21.0. The number of carbonyl (C=O) groups is 2. The van der Waals surface area contributed by atoms with Gasteiger partial charge in [-0.2, -0.15) is 4.98 Å². The molecule has 0 saturated carbocycles. The summed E-state index contributed by atoms with van der Waals surface area (Å²) in [5.41, 5.74) is 1.41. The monoisotopic (exact) mass is 448 g/mol. The summed E-state index contributed by atoms with van der Waals surface area (Å²) < 4.78 is 16.1. The molecule has 9 nitrogen and oxygen atoms in total. The van der Waals surface area contributed by atoms with Gasteiger partial charge in [-0.1, -0.05) is 41.6 Å². The van der Waals surface area contributed by atoms with E-state index in [9.17, 15) is 9.59 Å². The molecule has 0 unspecified atom stereocenters. The minimum Gasteiger partial charge on any atom is -0.454 e. The van der Waals surface area contributed by atoms with Crippen LogP contribution in [-0.4, -0.2) is 34.3 Å². The molecule has 3 heterocycles. The maximum atomic E-state index is 12.5. The molecule has 1 aromatic heterocycles. The number of ether oxygens (including phenoxy) is 2. The zero-order chi connectivity index (χ0) is 22.7. The van der Waals surface area contributed by atoms with Crippen LogP contribution in [0, 0.1) is 0 Å². The fourth-order valence-corrected chi connectivity index (χ4v) is 4.27. The van der Waals surface area contributed by atoms with Crippen LogP contribution in [0.15, 0.2) is 53.1 Å². The van der Waals surface area contributed by atoms with Crippen LogP contribution in [0.3, 0.4) is 0 Å². The molecule has 2 N–H and O–H groups in total. The number of rotatable bonds is 8. The molecule has 1 atom stereocenters. The zero-order valence-electron chi connectivity index (χ0n) is 18.0. The highest BCUT2D eigenvalue weighted by atomic mass is 16.7. The Bertz CT molecular complexity index is 1160. The highest BCUT2D eigenvalue weighted by Gasteiger charge is 2.38. The number of nitrogens with one attached hydrogen (secondary N) is 2. The van der Waals surface area contributed by atoms with Gasteiger partial charge in [-0.3, -0.25) is 9.59 Å². The molecule has 170 valence electrons. The fraction of sp³-hybridized carbons (Fsp3) is 0.333. The number of benzene rings is 2. The summed E-state index contributed by atoms with van der Waals surface area (Å²) in [6, 6.07) is 15.3. The fourth-order valence-electron chi connectivity index (χ4n) is 4.27. The SMILES string of the molecule is O=C(CC[C@]1(Cc2ccc3c(c2)OCO3)CCC(=O)N1)NCc1nc(-c2ccccc2)no1. The molecule has 5 rings (SSSR count). The Hall–Kier alpha value is -3.88. The van der Waals surface area contributed by atoms with Crippen LogP contribution in [-0.2, 0) is 22.6 Å². The summed E-state index contributed by atoms with van der Waals surface area (Å²) in [6.07, 6.45) is 2.55. The number of hydrogen-bond donors (Lipinski definition) is 2. The third-order valence-corrected chi connectivity index (χ3v) is 5.98. The first-order valence-corrected chi connectivity index (χ1v) is 10.9. The molecular weight excluding hydrogens is 424 g/mol. The highest BCUT2D eigenvalue weighted by molar-refractivity contribution is 5.80. The van der Waals surface area contributed by atoms with Crippen molar-refractivity contribution in [2.75, 3.05) is 6.79 Å². The van der Waals surface area contributed by atoms with Crippen molar-refractivity contribution in [2.45, 2.75) is 44.2 Å². The van der Waals surface area contributed by atoms with E-state index in [-0.39, 0.29) is 31.6 Å². The van der Waals surface area contributed by atoms with Gasteiger partial charge in [-0.05, 0) is 37.0 Å². The van der Waals surface area contributed by atoms with Gasteiger partial charge >= 0.3 is 0 Å². The van der Waals surface area contributed by atoms with Crippen molar-refractivity contribution in [2.24, 2.45) is 0 Å². The van der Waals surface area contributed by atoms with Gasteiger partial charge in [-0.25, -0.2) is 0 Å². The van der Waals surface area contributed by atoms with Gasteiger partial charge in [0.25, 0.3) is 0 Å². The largest absolute Gasteiger partial charge is 0.454 e. The van der Waals surface area contributed by atoms with E-state index in [2.05, 4.69) is 20.8 Å². The lowest BCUT2D eigenvalue weighted by atomic mass is 9.85. The summed E-state index contributed by atoms with van der Waals surface area (Å²) in [5.74, 6) is 2.12. The van der Waals surface area contributed by atoms with Crippen LogP contribution in [0.2, 0.25) is 0 Å². The Morgan fingerprint density at radius 1 is 1.12 bits per heavy atom. The van der Waals surface area contributed by atoms with Crippen LogP contribution < -0.4 is 20.1 Å². The molecule has 9 heteroatoms. The Balaban J connectivity index is 1.17. The second-order valence-electron chi connectivity index (χ2n) is 8.35. The normalized spacial score (nSPS) is 18.8. The third-order valence-electron chi connectivity index (χ3n) is 5.98. The molecule has 2 amide bonds. The van der Waals surface area contributed by atoms with Crippen molar-refractivity contribution in [1.82, 2.24) is 20.8 Å². The molecular formula is C24H24N4O5. The lowest BCUT2D eigenvalue weighted by molar-refractivity contribution is -0.123. The standard InChI is InChI=1S/C24H24N4O5/c29-20(25-14-22-26-23(28-33-22)17-4-2-1-3-5-17)8-10-24(11-9-21(30)27-24)13-16-6-7-18-19(12-16)32-15-31-18/h1-7,12H,8-11,13-15H2,(H,25,29)(H,27,30)/t24-/m1/s1. The van der Waals surface area contributed by atoms with E-state index in [4.69, 9.17) is 14.0 Å². The second-order valence-corrected chi connectivity index (χ2v) is 8.35. The van der Waals surface area contributed by atoms with Crippen LogP contribution in [0.5, 0.6) is 11.5 Å². The average molecular weight is 448 g/mol. The van der Waals surface area contributed by atoms with Crippen molar-refractivity contribution < 1.29 is 23.6 Å².